The number of rotatable bonds is 1. The largest absolute Gasteiger partial charge is 0.489 e. The molecule has 2 heterocycles. The van der Waals surface area contributed by atoms with Gasteiger partial charge in [0, 0.05) is 37.4 Å². The minimum absolute atomic E-state index is 0.470. The van der Waals surface area contributed by atoms with Gasteiger partial charge >= 0.3 is 0 Å². The summed E-state index contributed by atoms with van der Waals surface area (Å²) in [4.78, 5) is 4.99. The van der Waals surface area contributed by atoms with Crippen LogP contribution in [0.3, 0.4) is 0 Å². The summed E-state index contributed by atoms with van der Waals surface area (Å²) in [5.41, 5.74) is 7.77. The van der Waals surface area contributed by atoms with E-state index in [1.165, 1.54) is 5.69 Å². The van der Waals surface area contributed by atoms with Crippen LogP contribution in [0, 0.1) is 0 Å². The highest BCUT2D eigenvalue weighted by atomic mass is 16.5. The number of hydrogen-bond donors (Lipinski definition) is 1. The molecule has 0 radical (unpaired) electrons. The number of ether oxygens (including phenoxy) is 1. The van der Waals surface area contributed by atoms with Crippen LogP contribution in [-0.2, 0) is 0 Å². The zero-order valence-electron chi connectivity index (χ0n) is 11.1. The second-order valence-electron chi connectivity index (χ2n) is 5.47. The van der Waals surface area contributed by atoms with Crippen molar-refractivity contribution in [2.24, 2.45) is 0 Å². The van der Waals surface area contributed by atoms with E-state index < -0.39 is 0 Å². The molecule has 18 heavy (non-hydrogen) atoms. The lowest BCUT2D eigenvalue weighted by molar-refractivity contribution is 0.142. The molecule has 2 aliphatic rings. The normalized spacial score (nSPS) is 23.5. The summed E-state index contributed by atoms with van der Waals surface area (Å²) in [7, 11) is 0. The highest BCUT2D eigenvalue weighted by molar-refractivity contribution is 5.66. The van der Waals surface area contributed by atoms with Crippen LogP contribution in [0.2, 0.25) is 0 Å². The van der Waals surface area contributed by atoms with Crippen LogP contribution in [0.5, 0.6) is 5.75 Å². The Morgan fingerprint density at radius 1 is 1.33 bits per heavy atom. The topological polar surface area (TPSA) is 41.7 Å². The van der Waals surface area contributed by atoms with E-state index in [-0.39, 0.29) is 0 Å². The average molecular weight is 247 g/mol. The van der Waals surface area contributed by atoms with Crippen molar-refractivity contribution in [2.75, 3.05) is 36.9 Å². The molecule has 1 aromatic rings. The maximum absolute atomic E-state index is 5.85. The minimum Gasteiger partial charge on any atom is -0.489 e. The van der Waals surface area contributed by atoms with Crippen LogP contribution < -0.4 is 15.4 Å². The Bertz CT molecular complexity index is 447. The van der Waals surface area contributed by atoms with Crippen molar-refractivity contribution in [1.82, 2.24) is 4.90 Å². The van der Waals surface area contributed by atoms with Crippen molar-refractivity contribution in [3.8, 4) is 5.75 Å². The SMILES string of the molecule is CC(C)N1CCN2c3ccc(N)cc3OCC2C1. The summed E-state index contributed by atoms with van der Waals surface area (Å²) in [6, 6.07) is 7.05. The summed E-state index contributed by atoms with van der Waals surface area (Å²) in [5, 5.41) is 0. The molecule has 4 heteroatoms. The molecular formula is C14H21N3O. The van der Waals surface area contributed by atoms with Gasteiger partial charge in [0.25, 0.3) is 0 Å². The monoisotopic (exact) mass is 247 g/mol. The molecule has 1 aromatic carbocycles. The zero-order chi connectivity index (χ0) is 12.7. The second kappa shape index (κ2) is 4.35. The molecule has 0 aromatic heterocycles. The molecule has 0 saturated carbocycles. The van der Waals surface area contributed by atoms with Gasteiger partial charge in [-0.25, -0.2) is 0 Å². The lowest BCUT2D eigenvalue weighted by atomic mass is 10.1. The first-order valence-electron chi connectivity index (χ1n) is 6.68. The Morgan fingerprint density at radius 3 is 2.94 bits per heavy atom. The first-order valence-corrected chi connectivity index (χ1v) is 6.68. The van der Waals surface area contributed by atoms with E-state index in [4.69, 9.17) is 10.5 Å². The van der Waals surface area contributed by atoms with Crippen molar-refractivity contribution in [2.45, 2.75) is 25.9 Å². The van der Waals surface area contributed by atoms with Crippen LogP contribution in [0.15, 0.2) is 18.2 Å². The van der Waals surface area contributed by atoms with Crippen molar-refractivity contribution in [3.63, 3.8) is 0 Å². The second-order valence-corrected chi connectivity index (χ2v) is 5.47. The fourth-order valence-electron chi connectivity index (χ4n) is 2.88. The van der Waals surface area contributed by atoms with Crippen molar-refractivity contribution in [1.29, 1.82) is 0 Å². The van der Waals surface area contributed by atoms with E-state index >= 15 is 0 Å². The highest BCUT2D eigenvalue weighted by Gasteiger charge is 2.33. The van der Waals surface area contributed by atoms with Gasteiger partial charge < -0.3 is 15.4 Å². The number of nitrogens with two attached hydrogens (primary N) is 1. The summed E-state index contributed by atoms with van der Waals surface area (Å²) < 4.78 is 5.85. The van der Waals surface area contributed by atoms with Crippen LogP contribution in [0.25, 0.3) is 0 Å². The third-order valence-electron chi connectivity index (χ3n) is 3.97. The molecule has 4 nitrogen and oxygen atoms in total. The van der Waals surface area contributed by atoms with Crippen LogP contribution in [0.4, 0.5) is 11.4 Å². The maximum atomic E-state index is 5.85. The molecule has 2 N–H and O–H groups in total. The molecule has 0 spiro atoms. The van der Waals surface area contributed by atoms with E-state index in [1.807, 2.05) is 12.1 Å². The first kappa shape index (κ1) is 11.7. The number of nitrogens with zero attached hydrogens (tertiary/aromatic N) is 2. The molecule has 98 valence electrons. The molecule has 0 amide bonds. The lowest BCUT2D eigenvalue weighted by Gasteiger charge is -2.46. The standard InChI is InChI=1S/C14H21N3O/c1-10(2)16-5-6-17-12(8-16)9-18-14-7-11(15)3-4-13(14)17/h3-4,7,10,12H,5-6,8-9,15H2,1-2H3. The predicted molar refractivity (Wildman–Crippen MR) is 74.2 cm³/mol. The Balaban J connectivity index is 1.84. The molecule has 1 saturated heterocycles. The van der Waals surface area contributed by atoms with Crippen molar-refractivity contribution < 1.29 is 4.74 Å². The third kappa shape index (κ3) is 1.90. The Labute approximate surface area is 108 Å². The number of nitrogen functional groups attached to an aromatic ring is 1. The number of benzene rings is 1. The van der Waals surface area contributed by atoms with Gasteiger partial charge in [0.05, 0.1) is 11.7 Å². The smallest absolute Gasteiger partial charge is 0.144 e. The fraction of sp³-hybridized carbons (Fsp3) is 0.571. The first-order chi connectivity index (χ1) is 8.65. The van der Waals surface area contributed by atoms with Crippen molar-refractivity contribution in [3.05, 3.63) is 18.2 Å². The lowest BCUT2D eigenvalue weighted by Crippen LogP contribution is -2.58. The summed E-state index contributed by atoms with van der Waals surface area (Å²) in [5.74, 6) is 0.934. The Kier molecular flexibility index (Phi) is 2.82. The zero-order valence-corrected chi connectivity index (χ0v) is 11.1. The highest BCUT2D eigenvalue weighted by Crippen LogP contribution is 2.36. The molecule has 1 atom stereocenters. The van der Waals surface area contributed by atoms with E-state index in [9.17, 15) is 0 Å². The molecule has 3 rings (SSSR count). The van der Waals surface area contributed by atoms with Crippen LogP contribution in [-0.4, -0.2) is 43.2 Å². The number of fused-ring (bicyclic) bond motifs is 3. The van der Waals surface area contributed by atoms with Gasteiger partial charge in [0.15, 0.2) is 0 Å². The van der Waals surface area contributed by atoms with Gasteiger partial charge in [0.1, 0.15) is 12.4 Å². The van der Waals surface area contributed by atoms with Gasteiger partial charge in [-0.3, -0.25) is 4.90 Å². The third-order valence-corrected chi connectivity index (χ3v) is 3.97. The van der Waals surface area contributed by atoms with Gasteiger partial charge in [-0.2, -0.15) is 0 Å². The van der Waals surface area contributed by atoms with E-state index in [2.05, 4.69) is 29.7 Å². The predicted octanol–water partition coefficient (Wildman–Crippen LogP) is 1.56. The Hall–Kier alpha value is -1.42. The number of anilines is 2. The van der Waals surface area contributed by atoms with Gasteiger partial charge in [-0.15, -0.1) is 0 Å². The van der Waals surface area contributed by atoms with Crippen molar-refractivity contribution >= 4 is 11.4 Å². The van der Waals surface area contributed by atoms with Crippen LogP contribution in [0.1, 0.15) is 13.8 Å². The number of hydrogen-bond acceptors (Lipinski definition) is 4. The van der Waals surface area contributed by atoms with Gasteiger partial charge in [0.2, 0.25) is 0 Å². The van der Waals surface area contributed by atoms with Gasteiger partial charge in [-0.05, 0) is 26.0 Å². The quantitative estimate of drug-likeness (QED) is 0.765. The van der Waals surface area contributed by atoms with E-state index in [0.717, 1.165) is 37.7 Å². The molecule has 0 bridgehead atoms. The molecule has 2 aliphatic heterocycles. The fourth-order valence-corrected chi connectivity index (χ4v) is 2.88. The molecule has 1 unspecified atom stereocenters. The molecule has 0 aliphatic carbocycles. The number of piperazine rings is 1. The summed E-state index contributed by atoms with van der Waals surface area (Å²) in [6.07, 6.45) is 0. The van der Waals surface area contributed by atoms with E-state index in [1.54, 1.807) is 0 Å². The van der Waals surface area contributed by atoms with Gasteiger partial charge in [-0.1, -0.05) is 0 Å². The molecule has 1 fully saturated rings. The average Bonchev–Trinajstić information content (AvgIpc) is 2.37. The summed E-state index contributed by atoms with van der Waals surface area (Å²) >= 11 is 0. The van der Waals surface area contributed by atoms with E-state index in [0.29, 0.717) is 12.1 Å². The van der Waals surface area contributed by atoms with Crippen LogP contribution >= 0.6 is 0 Å². The summed E-state index contributed by atoms with van der Waals surface area (Å²) in [6.45, 7) is 8.56. The Morgan fingerprint density at radius 2 is 2.17 bits per heavy atom. The molecular weight excluding hydrogens is 226 g/mol. The minimum atomic E-state index is 0.470. The maximum Gasteiger partial charge on any atom is 0.144 e.